The highest BCUT2D eigenvalue weighted by atomic mass is 16.5. The molecule has 0 aromatic heterocycles. The van der Waals surface area contributed by atoms with Crippen LogP contribution in [0.25, 0.3) is 0 Å². The number of carboxylic acid groups (broad SMARTS) is 1. The summed E-state index contributed by atoms with van der Waals surface area (Å²) in [5, 5.41) is 11.5. The fraction of sp³-hybridized carbons (Fsp3) is 0.727. The quantitative estimate of drug-likeness (QED) is 0.715. The van der Waals surface area contributed by atoms with Crippen LogP contribution in [-0.4, -0.2) is 52.2 Å². The monoisotopic (exact) mass is 258 g/mol. The van der Waals surface area contributed by atoms with E-state index >= 15 is 0 Å². The van der Waals surface area contributed by atoms with Gasteiger partial charge in [0.15, 0.2) is 6.04 Å². The molecule has 0 spiro atoms. The minimum Gasteiger partial charge on any atom is -0.480 e. The third-order valence-corrected chi connectivity index (χ3v) is 2.80. The van der Waals surface area contributed by atoms with Crippen molar-refractivity contribution in [2.75, 3.05) is 6.61 Å². The molecule has 1 aliphatic rings. The van der Waals surface area contributed by atoms with Gasteiger partial charge in [-0.3, -0.25) is 14.5 Å². The van der Waals surface area contributed by atoms with Crippen LogP contribution in [0.15, 0.2) is 0 Å². The normalized spacial score (nSPS) is 23.6. The zero-order valence-electron chi connectivity index (χ0n) is 10.9. The van der Waals surface area contributed by atoms with Crippen molar-refractivity contribution in [3.05, 3.63) is 0 Å². The number of nitrogens with one attached hydrogen (secondary N) is 1. The van der Waals surface area contributed by atoms with Crippen LogP contribution >= 0.6 is 0 Å². The lowest BCUT2D eigenvalue weighted by molar-refractivity contribution is -0.157. The third kappa shape index (κ3) is 2.79. The first kappa shape index (κ1) is 14.4. The molecule has 2 atom stereocenters. The SMILES string of the molecule is CC(=O)N[C@@H](C)C(=O)N1[C@H](C(=O)O)COC1(C)C. The standard InChI is InChI=1S/C11H18N2O5/c1-6(12-7(2)14)9(15)13-8(10(16)17)5-18-11(13,3)4/h6,8H,5H2,1-4H3,(H,12,14)(H,16,17)/t6-,8-/m0/s1. The van der Waals surface area contributed by atoms with Gasteiger partial charge < -0.3 is 15.2 Å². The van der Waals surface area contributed by atoms with Crippen molar-refractivity contribution in [1.82, 2.24) is 10.2 Å². The van der Waals surface area contributed by atoms with Crippen LogP contribution in [0.4, 0.5) is 0 Å². The molecule has 0 aromatic rings. The first-order valence-corrected chi connectivity index (χ1v) is 5.64. The predicted octanol–water partition coefficient (Wildman–Crippen LogP) is -0.441. The molecule has 2 N–H and O–H groups in total. The maximum atomic E-state index is 12.2. The molecule has 18 heavy (non-hydrogen) atoms. The van der Waals surface area contributed by atoms with E-state index in [2.05, 4.69) is 5.32 Å². The summed E-state index contributed by atoms with van der Waals surface area (Å²) in [6.45, 7) is 5.99. The van der Waals surface area contributed by atoms with E-state index in [1.165, 1.54) is 13.8 Å². The molecule has 2 amide bonds. The Bertz CT molecular complexity index is 380. The van der Waals surface area contributed by atoms with Gasteiger partial charge in [0.25, 0.3) is 0 Å². The van der Waals surface area contributed by atoms with E-state index in [1.54, 1.807) is 13.8 Å². The van der Waals surface area contributed by atoms with Gasteiger partial charge in [0, 0.05) is 6.92 Å². The molecule has 1 heterocycles. The molecular weight excluding hydrogens is 240 g/mol. The minimum absolute atomic E-state index is 0.0547. The summed E-state index contributed by atoms with van der Waals surface area (Å²) in [6.07, 6.45) is 0. The highest BCUT2D eigenvalue weighted by Crippen LogP contribution is 2.28. The zero-order chi connectivity index (χ0) is 14.1. The van der Waals surface area contributed by atoms with Gasteiger partial charge in [-0.2, -0.15) is 0 Å². The number of aliphatic carboxylic acids is 1. The van der Waals surface area contributed by atoms with Gasteiger partial charge in [-0.1, -0.05) is 0 Å². The Labute approximate surface area is 105 Å². The lowest BCUT2D eigenvalue weighted by atomic mass is 10.1. The van der Waals surface area contributed by atoms with E-state index in [4.69, 9.17) is 9.84 Å². The van der Waals surface area contributed by atoms with Gasteiger partial charge in [-0.25, -0.2) is 4.79 Å². The first-order chi connectivity index (χ1) is 8.16. The van der Waals surface area contributed by atoms with Gasteiger partial charge in [0.05, 0.1) is 6.61 Å². The summed E-state index contributed by atoms with van der Waals surface area (Å²) in [4.78, 5) is 35.4. The number of carbonyl (C=O) groups is 3. The molecule has 7 heteroatoms. The van der Waals surface area contributed by atoms with Crippen molar-refractivity contribution in [3.8, 4) is 0 Å². The van der Waals surface area contributed by atoms with Crippen molar-refractivity contribution in [3.63, 3.8) is 0 Å². The highest BCUT2D eigenvalue weighted by Gasteiger charge is 2.48. The molecule has 1 saturated heterocycles. The largest absolute Gasteiger partial charge is 0.480 e. The van der Waals surface area contributed by atoms with Crippen LogP contribution in [0.5, 0.6) is 0 Å². The molecule has 1 fully saturated rings. The predicted molar refractivity (Wildman–Crippen MR) is 61.6 cm³/mol. The first-order valence-electron chi connectivity index (χ1n) is 5.64. The molecular formula is C11H18N2O5. The van der Waals surface area contributed by atoms with Crippen LogP contribution in [0.3, 0.4) is 0 Å². The Kier molecular flexibility index (Phi) is 3.95. The van der Waals surface area contributed by atoms with Crippen LogP contribution in [0, 0.1) is 0 Å². The lowest BCUT2D eigenvalue weighted by Crippen LogP contribution is -2.56. The number of carbonyl (C=O) groups excluding carboxylic acids is 2. The Balaban J connectivity index is 2.92. The molecule has 7 nitrogen and oxygen atoms in total. The van der Waals surface area contributed by atoms with Crippen molar-refractivity contribution in [2.45, 2.75) is 45.5 Å². The second kappa shape index (κ2) is 4.93. The Hall–Kier alpha value is -1.63. The fourth-order valence-corrected chi connectivity index (χ4v) is 1.98. The topological polar surface area (TPSA) is 95.9 Å². The average molecular weight is 258 g/mol. The number of amides is 2. The summed E-state index contributed by atoms with van der Waals surface area (Å²) in [6, 6.07) is -1.81. The molecule has 0 saturated carbocycles. The Morgan fingerprint density at radius 1 is 1.44 bits per heavy atom. The van der Waals surface area contributed by atoms with E-state index in [0.29, 0.717) is 0 Å². The number of rotatable bonds is 3. The van der Waals surface area contributed by atoms with Gasteiger partial charge in [0.1, 0.15) is 11.8 Å². The van der Waals surface area contributed by atoms with Crippen LogP contribution in [0.1, 0.15) is 27.7 Å². The van der Waals surface area contributed by atoms with Crippen molar-refractivity contribution < 1.29 is 24.2 Å². The molecule has 1 aliphatic heterocycles. The van der Waals surface area contributed by atoms with Crippen molar-refractivity contribution in [2.24, 2.45) is 0 Å². The molecule has 0 unspecified atom stereocenters. The zero-order valence-corrected chi connectivity index (χ0v) is 10.9. The molecule has 0 aromatic carbocycles. The number of ether oxygens (including phenoxy) is 1. The summed E-state index contributed by atoms with van der Waals surface area (Å²) in [5.41, 5.74) is -0.993. The molecule has 0 aliphatic carbocycles. The molecule has 102 valence electrons. The Morgan fingerprint density at radius 3 is 2.44 bits per heavy atom. The second-order valence-corrected chi connectivity index (χ2v) is 4.74. The van der Waals surface area contributed by atoms with Crippen molar-refractivity contribution in [1.29, 1.82) is 0 Å². The van der Waals surface area contributed by atoms with Gasteiger partial charge >= 0.3 is 5.97 Å². The number of carboxylic acids is 1. The highest BCUT2D eigenvalue weighted by molar-refractivity contribution is 5.90. The number of hydrogen-bond acceptors (Lipinski definition) is 4. The number of hydrogen-bond donors (Lipinski definition) is 2. The second-order valence-electron chi connectivity index (χ2n) is 4.74. The van der Waals surface area contributed by atoms with Gasteiger partial charge in [-0.15, -0.1) is 0 Å². The summed E-state index contributed by atoms with van der Waals surface area (Å²) < 4.78 is 5.31. The number of nitrogens with zero attached hydrogens (tertiary/aromatic N) is 1. The summed E-state index contributed by atoms with van der Waals surface area (Å²) in [7, 11) is 0. The molecule has 0 radical (unpaired) electrons. The maximum Gasteiger partial charge on any atom is 0.328 e. The lowest BCUT2D eigenvalue weighted by Gasteiger charge is -2.34. The molecule has 0 bridgehead atoms. The fourth-order valence-electron chi connectivity index (χ4n) is 1.98. The van der Waals surface area contributed by atoms with Crippen molar-refractivity contribution >= 4 is 17.8 Å². The summed E-state index contributed by atoms with van der Waals surface area (Å²) >= 11 is 0. The smallest absolute Gasteiger partial charge is 0.328 e. The van der Waals surface area contributed by atoms with E-state index in [1.807, 2.05) is 0 Å². The molecule has 1 rings (SSSR count). The third-order valence-electron chi connectivity index (χ3n) is 2.80. The Morgan fingerprint density at radius 2 is 2.00 bits per heavy atom. The van der Waals surface area contributed by atoms with Crippen LogP contribution in [0.2, 0.25) is 0 Å². The van der Waals surface area contributed by atoms with Gasteiger partial charge in [0.2, 0.25) is 11.8 Å². The van der Waals surface area contributed by atoms with Crippen LogP contribution < -0.4 is 5.32 Å². The van der Waals surface area contributed by atoms with E-state index in [9.17, 15) is 14.4 Å². The van der Waals surface area contributed by atoms with Gasteiger partial charge in [-0.05, 0) is 20.8 Å². The minimum atomic E-state index is -1.12. The maximum absolute atomic E-state index is 12.2. The van der Waals surface area contributed by atoms with Crippen LogP contribution in [-0.2, 0) is 19.1 Å². The van der Waals surface area contributed by atoms with E-state index in [0.717, 1.165) is 4.90 Å². The van der Waals surface area contributed by atoms with E-state index < -0.39 is 29.7 Å². The van der Waals surface area contributed by atoms with E-state index in [-0.39, 0.29) is 12.5 Å². The summed E-state index contributed by atoms with van der Waals surface area (Å²) in [5.74, 6) is -1.94. The average Bonchev–Trinajstić information content (AvgIpc) is 2.51.